The van der Waals surface area contributed by atoms with Gasteiger partial charge in [0.2, 0.25) is 0 Å². The summed E-state index contributed by atoms with van der Waals surface area (Å²) in [5.41, 5.74) is 0. The largest absolute Gasteiger partial charge is 0.472 e. The highest BCUT2D eigenvalue weighted by atomic mass is 31.2. The molecule has 0 spiro atoms. The highest BCUT2D eigenvalue weighted by Crippen LogP contribution is 2.45. The number of aliphatic hydroxyl groups is 2. The highest BCUT2D eigenvalue weighted by Gasteiger charge is 2.30. The van der Waals surface area contributed by atoms with Gasteiger partial charge in [0.15, 0.2) is 6.10 Å². The van der Waals surface area contributed by atoms with Gasteiger partial charge in [-0.15, -0.1) is 0 Å². The maximum atomic E-state index is 13.1. The van der Waals surface area contributed by atoms with Crippen LogP contribution in [-0.2, 0) is 55.8 Å². The van der Waals surface area contributed by atoms with Crippen molar-refractivity contribution >= 4 is 33.6 Å². The number of ether oxygens (including phenoxy) is 3. The maximum absolute atomic E-state index is 13.1. The third-order valence-corrected chi connectivity index (χ3v) is 21.7. The Kier molecular flexibility index (Phi) is 89.2. The second-order valence-electron chi connectivity index (χ2n) is 31.4. The lowest BCUT2D eigenvalue weighted by Gasteiger charge is -2.21. The Morgan fingerprint density at radius 2 is 0.413 bits per heavy atom. The van der Waals surface area contributed by atoms with E-state index >= 15 is 0 Å². The van der Waals surface area contributed by atoms with Crippen LogP contribution >= 0.6 is 15.6 Å². The van der Waals surface area contributed by atoms with E-state index in [2.05, 4.69) is 215 Å². The van der Waals surface area contributed by atoms with E-state index in [1.54, 1.807) is 0 Å². The average molecular weight is 1730 g/mol. The van der Waals surface area contributed by atoms with Gasteiger partial charge in [0.25, 0.3) is 0 Å². The summed E-state index contributed by atoms with van der Waals surface area (Å²) in [5.74, 6) is -1.59. The van der Waals surface area contributed by atoms with Crippen LogP contribution < -0.4 is 0 Å². The summed E-state index contributed by atoms with van der Waals surface area (Å²) in [6, 6.07) is 0. The molecule has 0 aromatic carbocycles. The first kappa shape index (κ1) is 115. The predicted octanol–water partition coefficient (Wildman–Crippen LogP) is 29.8. The molecule has 5 unspecified atom stereocenters. The Morgan fingerprint density at radius 3 is 0.653 bits per heavy atom. The molecule has 0 aliphatic rings. The Balaban J connectivity index is 4.56. The van der Waals surface area contributed by atoms with Crippen molar-refractivity contribution in [1.82, 2.24) is 0 Å². The van der Waals surface area contributed by atoms with Crippen molar-refractivity contribution in [3.05, 3.63) is 194 Å². The minimum Gasteiger partial charge on any atom is -0.463 e. The third kappa shape index (κ3) is 94.9. The van der Waals surface area contributed by atoms with Crippen molar-refractivity contribution < 1.29 is 75.8 Å². The monoisotopic (exact) mass is 1730 g/mol. The summed E-state index contributed by atoms with van der Waals surface area (Å²) >= 11 is 0. The summed E-state index contributed by atoms with van der Waals surface area (Å²) < 4.78 is 61.5. The Hall–Kier alpha value is -5.61. The third-order valence-electron chi connectivity index (χ3n) is 19.8. The van der Waals surface area contributed by atoms with Crippen molar-refractivity contribution in [2.75, 3.05) is 39.6 Å². The van der Waals surface area contributed by atoms with E-state index in [0.29, 0.717) is 19.3 Å². The summed E-state index contributed by atoms with van der Waals surface area (Å²) in [5, 5.41) is 20.8. The zero-order valence-corrected chi connectivity index (χ0v) is 77.9. The van der Waals surface area contributed by atoms with E-state index in [1.165, 1.54) is 135 Å². The molecule has 0 aliphatic carbocycles. The lowest BCUT2D eigenvalue weighted by Crippen LogP contribution is -2.30. The molecule has 0 saturated carbocycles. The molecule has 0 amide bonds. The first-order valence-electron chi connectivity index (χ1n) is 47.7. The fourth-order valence-electron chi connectivity index (χ4n) is 12.7. The van der Waals surface area contributed by atoms with Crippen molar-refractivity contribution in [3.8, 4) is 0 Å². The molecule has 4 N–H and O–H groups in total. The number of hydrogen-bond acceptors (Lipinski definition) is 14. The van der Waals surface area contributed by atoms with E-state index in [9.17, 15) is 43.5 Å². The lowest BCUT2D eigenvalue weighted by molar-refractivity contribution is -0.161. The van der Waals surface area contributed by atoms with E-state index in [4.69, 9.17) is 32.3 Å². The van der Waals surface area contributed by atoms with Gasteiger partial charge in [-0.1, -0.05) is 395 Å². The van der Waals surface area contributed by atoms with E-state index < -0.39 is 91.5 Å². The second-order valence-corrected chi connectivity index (χ2v) is 34.3. The molecular weight excluding hydrogens is 1560 g/mol. The van der Waals surface area contributed by atoms with Crippen molar-refractivity contribution in [3.63, 3.8) is 0 Å². The normalized spacial score (nSPS) is 14.6. The van der Waals surface area contributed by atoms with Crippen LogP contribution in [0.5, 0.6) is 0 Å². The number of carbonyl (C=O) groups excluding carboxylic acids is 3. The smallest absolute Gasteiger partial charge is 0.463 e. The maximum Gasteiger partial charge on any atom is 0.472 e. The van der Waals surface area contributed by atoms with Crippen LogP contribution in [0.15, 0.2) is 194 Å². The van der Waals surface area contributed by atoms with Gasteiger partial charge >= 0.3 is 33.6 Å². The Labute approximate surface area is 737 Å². The molecule has 690 valence electrons. The fourth-order valence-corrected chi connectivity index (χ4v) is 14.3. The van der Waals surface area contributed by atoms with Gasteiger partial charge in [-0.25, -0.2) is 9.13 Å². The number of phosphoric ester groups is 2. The minimum absolute atomic E-state index is 0.0773. The topological polar surface area (TPSA) is 231 Å². The molecule has 0 aromatic rings. The predicted molar refractivity (Wildman–Crippen MR) is 509 cm³/mol. The van der Waals surface area contributed by atoms with Crippen LogP contribution in [0.25, 0.3) is 0 Å². The van der Waals surface area contributed by atoms with Crippen molar-refractivity contribution in [1.29, 1.82) is 0 Å². The van der Waals surface area contributed by atoms with Crippen LogP contribution in [0.4, 0.5) is 0 Å². The lowest BCUT2D eigenvalue weighted by atomic mass is 10.0. The van der Waals surface area contributed by atoms with Gasteiger partial charge in [0, 0.05) is 19.3 Å². The van der Waals surface area contributed by atoms with Crippen molar-refractivity contribution in [2.24, 2.45) is 0 Å². The molecule has 0 radical (unpaired) electrons. The zero-order valence-electron chi connectivity index (χ0n) is 76.1. The SMILES string of the molecule is CC/C=C\C/C=C\C/C=C\C/C=C\C/C=C\C/C=C\CCCCCCCCCCCCCCCCCCC(=O)OCC(O)COP(=O)(O)OCC(O)COP(=O)(O)OCC(COC(=O)CCCCCCCCCCCCCCC/C=C\C/C=C\C/C=C\C/C=C\C/C=C\CC)OC(=O)CCCCCCC/C=C\C/C=C\C/C=C\C/C=C\C/C=C\CC. The molecule has 16 nitrogen and oxygen atoms in total. The number of allylic oxidation sites excluding steroid dienone is 32. The van der Waals surface area contributed by atoms with Gasteiger partial charge in [-0.2, -0.15) is 0 Å². The number of aliphatic hydroxyl groups excluding tert-OH is 2. The Morgan fingerprint density at radius 1 is 0.231 bits per heavy atom. The molecule has 0 rings (SSSR count). The van der Waals surface area contributed by atoms with E-state index in [-0.39, 0.29) is 19.3 Å². The van der Waals surface area contributed by atoms with Gasteiger partial charge in [0.05, 0.1) is 26.4 Å². The first-order valence-corrected chi connectivity index (χ1v) is 50.7. The van der Waals surface area contributed by atoms with Crippen molar-refractivity contribution in [2.45, 2.75) is 399 Å². The number of unbranched alkanes of at least 4 members (excludes halogenated alkanes) is 34. The number of carbonyl (C=O) groups is 3. The number of esters is 3. The quantitative estimate of drug-likeness (QED) is 0.0146. The van der Waals surface area contributed by atoms with Gasteiger partial charge in [-0.3, -0.25) is 32.5 Å². The molecule has 0 heterocycles. The molecule has 0 fully saturated rings. The van der Waals surface area contributed by atoms with E-state index in [0.717, 1.165) is 186 Å². The van der Waals surface area contributed by atoms with Crippen LogP contribution in [0, 0.1) is 0 Å². The molecule has 18 heteroatoms. The number of hydrogen-bond donors (Lipinski definition) is 4. The molecule has 0 aromatic heterocycles. The minimum atomic E-state index is -4.95. The van der Waals surface area contributed by atoms with Crippen LogP contribution in [-0.4, -0.2) is 95.9 Å². The standard InChI is InChI=1S/C103H172O16P2/c1-4-7-10-13-16-19-22-25-28-31-34-37-39-41-43-45-46-47-48-49-50-52-54-55-57-60-62-65-68-71-74-77-80-83-86-89-101(106)113-92-98(104)93-115-120(109,110)116-94-99(105)95-117-121(111,112)118-97-100(119-103(108)91-88-85-82-79-76-73-70-67-64-59-36-33-30-27-24-21-18-15-12-9-6-3)96-114-102(107)90-87-84-81-78-75-72-69-66-63-61-58-56-53-51-44-42-40-38-35-32-29-26-23-20-17-14-11-8-5-2/h7-12,16-21,25-30,34-38,41-44,46-47,59,67,70,98-100,104-105H,4-6,13-15,22-24,31-33,39-40,45,48-58,60-66,68-69,71-97H2,1-3H3,(H,109,110)(H,111,112)/b10-7-,11-8-,12-9-,19-16-,20-17-,21-18-,28-25-,29-26-,30-27-,37-34-,38-35-,43-41-,44-42-,47-46-,59-36-,70-67-. The number of rotatable bonds is 89. The average Bonchev–Trinajstić information content (AvgIpc) is 0.879. The van der Waals surface area contributed by atoms with Gasteiger partial charge in [0.1, 0.15) is 25.4 Å². The molecule has 0 aliphatic heterocycles. The molecule has 0 bridgehead atoms. The van der Waals surface area contributed by atoms with E-state index in [1.807, 2.05) is 0 Å². The van der Waals surface area contributed by atoms with Gasteiger partial charge < -0.3 is 34.2 Å². The first-order chi connectivity index (χ1) is 59.2. The summed E-state index contributed by atoms with van der Waals surface area (Å²) in [4.78, 5) is 59.1. The molecule has 121 heavy (non-hydrogen) atoms. The molecule has 5 atom stereocenters. The second kappa shape index (κ2) is 93.5. The van der Waals surface area contributed by atoms with Crippen LogP contribution in [0.3, 0.4) is 0 Å². The fraction of sp³-hybridized carbons (Fsp3) is 0.660. The van der Waals surface area contributed by atoms with Crippen LogP contribution in [0.2, 0.25) is 0 Å². The summed E-state index contributed by atoms with van der Waals surface area (Å²) in [6.07, 6.45) is 125. The molecule has 0 saturated heterocycles. The molecular formula is C103H172O16P2. The summed E-state index contributed by atoms with van der Waals surface area (Å²) in [7, 11) is -9.82. The Bertz CT molecular complexity index is 2980. The highest BCUT2D eigenvalue weighted by molar-refractivity contribution is 7.47. The number of phosphoric acid groups is 2. The van der Waals surface area contributed by atoms with Gasteiger partial charge in [-0.05, 0) is 161 Å². The zero-order chi connectivity index (χ0) is 87.9. The summed E-state index contributed by atoms with van der Waals surface area (Å²) in [6.45, 7) is 2.35. The van der Waals surface area contributed by atoms with Crippen LogP contribution in [0.1, 0.15) is 380 Å².